The summed E-state index contributed by atoms with van der Waals surface area (Å²) < 4.78 is 7.10. The van der Waals surface area contributed by atoms with Crippen molar-refractivity contribution >= 4 is 27.9 Å². The molecule has 0 amide bonds. The molecule has 150 valence electrons. The lowest BCUT2D eigenvalue weighted by atomic mass is 9.98. The van der Waals surface area contributed by atoms with E-state index in [0.29, 0.717) is 6.61 Å². The number of hydrogen-bond acceptors (Lipinski definition) is 2. The molecule has 2 aromatic carbocycles. The second-order valence-electron chi connectivity index (χ2n) is 7.43. The van der Waals surface area contributed by atoms with Crippen LogP contribution in [0.5, 0.6) is 0 Å². The minimum Gasteiger partial charge on any atom is -0.449 e. The Kier molecular flexibility index (Phi) is 4.64. The van der Waals surface area contributed by atoms with Crippen LogP contribution in [0.1, 0.15) is 19.8 Å². The fourth-order valence-electron chi connectivity index (χ4n) is 4.02. The summed E-state index contributed by atoms with van der Waals surface area (Å²) in [6.45, 7) is 2.51. The van der Waals surface area contributed by atoms with Gasteiger partial charge in [0.1, 0.15) is 0 Å². The maximum atomic E-state index is 12.7. The molecule has 0 saturated heterocycles. The van der Waals surface area contributed by atoms with Crippen molar-refractivity contribution < 1.29 is 9.53 Å². The lowest BCUT2D eigenvalue weighted by Crippen LogP contribution is -2.13. The Bertz CT molecular complexity index is 1340. The van der Waals surface area contributed by atoms with E-state index in [1.165, 1.54) is 5.39 Å². The largest absolute Gasteiger partial charge is 0.449 e. The van der Waals surface area contributed by atoms with Gasteiger partial charge in [0.05, 0.1) is 12.1 Å². The molecule has 0 radical (unpaired) electrons. The molecule has 5 aromatic rings. The Morgan fingerprint density at radius 1 is 0.900 bits per heavy atom. The monoisotopic (exact) mass is 397 g/mol. The molecule has 0 unspecified atom stereocenters. The number of hydrogen-bond donors (Lipinski definition) is 2. The fourth-order valence-corrected chi connectivity index (χ4v) is 4.02. The van der Waals surface area contributed by atoms with Gasteiger partial charge in [0.2, 0.25) is 0 Å². The molecule has 5 heteroatoms. The van der Waals surface area contributed by atoms with Crippen LogP contribution < -0.4 is 0 Å². The van der Waals surface area contributed by atoms with Crippen LogP contribution in [0.3, 0.4) is 0 Å². The number of nitrogens with one attached hydrogen (secondary N) is 2. The number of aromatic amines is 2. The van der Waals surface area contributed by atoms with Crippen LogP contribution in [0.15, 0.2) is 73.3 Å². The molecule has 0 saturated carbocycles. The summed E-state index contributed by atoms with van der Waals surface area (Å²) in [5.74, 6) is 0. The maximum Gasteiger partial charge on any atom is 0.418 e. The van der Waals surface area contributed by atoms with Gasteiger partial charge in [0, 0.05) is 63.3 Å². The number of carbonyl (C=O) groups is 1. The first-order valence-corrected chi connectivity index (χ1v) is 10.3. The third kappa shape index (κ3) is 2.99. The van der Waals surface area contributed by atoms with E-state index in [0.717, 1.165) is 51.5 Å². The molecule has 5 rings (SSSR count). The number of unbranched alkanes of at least 4 members (excludes halogenated alkanes) is 1. The van der Waals surface area contributed by atoms with Crippen LogP contribution >= 0.6 is 0 Å². The zero-order valence-corrected chi connectivity index (χ0v) is 16.8. The molecule has 3 aromatic heterocycles. The highest BCUT2D eigenvalue weighted by molar-refractivity contribution is 6.06. The Morgan fingerprint density at radius 2 is 1.63 bits per heavy atom. The van der Waals surface area contributed by atoms with Gasteiger partial charge in [-0.25, -0.2) is 4.79 Å². The summed E-state index contributed by atoms with van der Waals surface area (Å²) in [5, 5.41) is 2.19. The molecule has 0 aliphatic carbocycles. The minimum absolute atomic E-state index is 0.338. The van der Waals surface area contributed by atoms with Gasteiger partial charge in [-0.2, -0.15) is 0 Å². The number of rotatable bonds is 5. The molecule has 0 atom stereocenters. The summed E-state index contributed by atoms with van der Waals surface area (Å²) in [6, 6.07) is 16.2. The van der Waals surface area contributed by atoms with Gasteiger partial charge >= 0.3 is 6.09 Å². The molecule has 0 aliphatic heterocycles. The summed E-state index contributed by atoms with van der Waals surface area (Å²) >= 11 is 0. The van der Waals surface area contributed by atoms with E-state index in [-0.39, 0.29) is 6.09 Å². The third-order valence-corrected chi connectivity index (χ3v) is 5.55. The highest BCUT2D eigenvalue weighted by Crippen LogP contribution is 2.39. The number of carbonyl (C=O) groups excluding carboxylic acids is 1. The van der Waals surface area contributed by atoms with Gasteiger partial charge in [-0.15, -0.1) is 0 Å². The molecule has 5 nitrogen and oxygen atoms in total. The van der Waals surface area contributed by atoms with Gasteiger partial charge in [-0.3, -0.25) is 4.57 Å². The third-order valence-electron chi connectivity index (χ3n) is 5.55. The van der Waals surface area contributed by atoms with E-state index < -0.39 is 0 Å². The van der Waals surface area contributed by atoms with Crippen LogP contribution in [0.4, 0.5) is 4.79 Å². The molecule has 2 N–H and O–H groups in total. The van der Waals surface area contributed by atoms with Gasteiger partial charge < -0.3 is 14.7 Å². The predicted octanol–water partition coefficient (Wildman–Crippen LogP) is 6.57. The lowest BCUT2D eigenvalue weighted by molar-refractivity contribution is 0.147. The average molecular weight is 397 g/mol. The van der Waals surface area contributed by atoms with E-state index >= 15 is 0 Å². The number of para-hydroxylation sites is 2. The van der Waals surface area contributed by atoms with Crippen LogP contribution in [0, 0.1) is 0 Å². The lowest BCUT2D eigenvalue weighted by Gasteiger charge is -2.05. The number of benzene rings is 2. The summed E-state index contributed by atoms with van der Waals surface area (Å²) in [4.78, 5) is 19.3. The Balaban J connectivity index is 1.63. The van der Waals surface area contributed by atoms with E-state index in [4.69, 9.17) is 4.74 Å². The average Bonchev–Trinajstić information content (AvgIpc) is 3.49. The number of ether oxygens (including phenoxy) is 1. The van der Waals surface area contributed by atoms with Gasteiger partial charge in [-0.1, -0.05) is 49.7 Å². The smallest absolute Gasteiger partial charge is 0.418 e. The summed E-state index contributed by atoms with van der Waals surface area (Å²) in [6.07, 6.45) is 9.44. The van der Waals surface area contributed by atoms with Crippen LogP contribution in [0.25, 0.3) is 44.1 Å². The number of fused-ring (bicyclic) bond motifs is 2. The zero-order valence-electron chi connectivity index (χ0n) is 16.8. The van der Waals surface area contributed by atoms with E-state index in [1.807, 2.05) is 61.2 Å². The standard InChI is InChI=1S/C25H23N3O2/c1-2-3-12-30-25(29)28-16-22(18-9-5-7-11-24(18)28)20-14-26-13-19(20)21-15-27-23-10-6-4-8-17(21)23/h4-11,13-16,26-27H,2-3,12H2,1H3. The van der Waals surface area contributed by atoms with Crippen LogP contribution in [-0.4, -0.2) is 27.2 Å². The van der Waals surface area contributed by atoms with Crippen molar-refractivity contribution in [2.24, 2.45) is 0 Å². The van der Waals surface area contributed by atoms with Crippen molar-refractivity contribution in [1.29, 1.82) is 0 Å². The van der Waals surface area contributed by atoms with Crippen molar-refractivity contribution in [1.82, 2.24) is 14.5 Å². The zero-order chi connectivity index (χ0) is 20.5. The Labute approximate surface area is 174 Å². The van der Waals surface area contributed by atoms with Crippen molar-refractivity contribution in [3.8, 4) is 22.3 Å². The van der Waals surface area contributed by atoms with E-state index in [1.54, 1.807) is 4.57 Å². The highest BCUT2D eigenvalue weighted by Gasteiger charge is 2.19. The van der Waals surface area contributed by atoms with Crippen molar-refractivity contribution in [3.05, 3.63) is 73.3 Å². The first-order chi connectivity index (χ1) is 14.8. The second kappa shape index (κ2) is 7.59. The summed E-state index contributed by atoms with van der Waals surface area (Å²) in [7, 11) is 0. The predicted molar refractivity (Wildman–Crippen MR) is 121 cm³/mol. The topological polar surface area (TPSA) is 62.8 Å². The van der Waals surface area contributed by atoms with Crippen LogP contribution in [0.2, 0.25) is 0 Å². The van der Waals surface area contributed by atoms with Crippen molar-refractivity contribution in [2.45, 2.75) is 19.8 Å². The first-order valence-electron chi connectivity index (χ1n) is 10.3. The molecule has 0 spiro atoms. The SMILES string of the molecule is CCCCOC(=O)n1cc(-c2c[nH]cc2-c2c[nH]c3ccccc23)c2ccccc21. The van der Waals surface area contributed by atoms with Gasteiger partial charge in [0.15, 0.2) is 0 Å². The van der Waals surface area contributed by atoms with Crippen LogP contribution in [-0.2, 0) is 4.74 Å². The Hall–Kier alpha value is -3.73. The van der Waals surface area contributed by atoms with Crippen molar-refractivity contribution in [3.63, 3.8) is 0 Å². The van der Waals surface area contributed by atoms with Gasteiger partial charge in [0.25, 0.3) is 0 Å². The molecule has 30 heavy (non-hydrogen) atoms. The normalized spacial score (nSPS) is 11.4. The number of aromatic nitrogens is 3. The molecule has 0 aliphatic rings. The molecule has 0 fully saturated rings. The minimum atomic E-state index is -0.338. The highest BCUT2D eigenvalue weighted by atomic mass is 16.5. The quantitative estimate of drug-likeness (QED) is 0.329. The Morgan fingerprint density at radius 3 is 2.47 bits per heavy atom. The fraction of sp³-hybridized carbons (Fsp3) is 0.160. The number of H-pyrrole nitrogens is 2. The van der Waals surface area contributed by atoms with Crippen molar-refractivity contribution in [2.75, 3.05) is 6.61 Å². The summed E-state index contributed by atoms with van der Waals surface area (Å²) in [5.41, 5.74) is 6.22. The van der Waals surface area contributed by atoms with E-state index in [9.17, 15) is 4.79 Å². The molecule has 3 heterocycles. The number of nitrogens with zero attached hydrogens (tertiary/aromatic N) is 1. The molecular weight excluding hydrogens is 374 g/mol. The maximum absolute atomic E-state index is 12.7. The molecule has 0 bridgehead atoms. The first kappa shape index (κ1) is 18.3. The van der Waals surface area contributed by atoms with E-state index in [2.05, 4.69) is 29.0 Å². The van der Waals surface area contributed by atoms with Gasteiger partial charge in [-0.05, 0) is 18.6 Å². The second-order valence-corrected chi connectivity index (χ2v) is 7.43. The molecular formula is C25H23N3O2.